The molecule has 142 valence electrons. The third-order valence-electron chi connectivity index (χ3n) is 4.93. The summed E-state index contributed by atoms with van der Waals surface area (Å²) in [5.74, 6) is -0.0860. The van der Waals surface area contributed by atoms with E-state index >= 15 is 0 Å². The van der Waals surface area contributed by atoms with Crippen LogP contribution in [0.1, 0.15) is 19.4 Å². The van der Waals surface area contributed by atoms with Gasteiger partial charge >= 0.3 is 0 Å². The fourth-order valence-electron chi connectivity index (χ4n) is 3.06. The number of nitrogens with one attached hydrogen (secondary N) is 1. The topological polar surface area (TPSA) is 29.1 Å². The van der Waals surface area contributed by atoms with Crippen LogP contribution in [0.4, 0.5) is 0 Å². The molecule has 0 aliphatic heterocycles. The van der Waals surface area contributed by atoms with Crippen LogP contribution in [0.5, 0.6) is 0 Å². The Balaban J connectivity index is 1.60. The summed E-state index contributed by atoms with van der Waals surface area (Å²) >= 11 is 0. The lowest BCUT2D eigenvalue weighted by atomic mass is 9.94. The Kier molecular flexibility index (Phi) is 6.10. The van der Waals surface area contributed by atoms with Gasteiger partial charge in [0.05, 0.1) is 0 Å². The van der Waals surface area contributed by atoms with Crippen LogP contribution in [-0.2, 0) is 11.2 Å². The summed E-state index contributed by atoms with van der Waals surface area (Å²) in [6.07, 6.45) is 10.0. The van der Waals surface area contributed by atoms with Crippen molar-refractivity contribution in [3.8, 4) is 0 Å². The largest absolute Gasteiger partial charge is 0.352 e. The quantitative estimate of drug-likeness (QED) is 0.236. The van der Waals surface area contributed by atoms with E-state index in [9.17, 15) is 4.79 Å². The van der Waals surface area contributed by atoms with Gasteiger partial charge in [-0.3, -0.25) is 4.79 Å². The highest BCUT2D eigenvalue weighted by molar-refractivity contribution is 6.07. The van der Waals surface area contributed by atoms with Crippen LogP contribution in [0.15, 0.2) is 91.6 Å². The predicted molar refractivity (Wildman–Crippen MR) is 120 cm³/mol. The number of carbonyl (C=O) groups excluding carboxylic acids is 1. The molecular weight excluding hydrogens is 342 g/mol. The Morgan fingerprint density at radius 3 is 2.57 bits per heavy atom. The molecule has 0 spiro atoms. The summed E-state index contributed by atoms with van der Waals surface area (Å²) in [6, 6.07) is 19.4. The lowest BCUT2D eigenvalue weighted by Gasteiger charge is -2.19. The van der Waals surface area contributed by atoms with Crippen molar-refractivity contribution in [2.75, 3.05) is 6.54 Å². The Labute approximate surface area is 167 Å². The van der Waals surface area contributed by atoms with Gasteiger partial charge in [0.1, 0.15) is 0 Å². The van der Waals surface area contributed by atoms with E-state index < -0.39 is 0 Å². The van der Waals surface area contributed by atoms with Gasteiger partial charge < -0.3 is 5.32 Å². The molecule has 0 radical (unpaired) electrons. The number of allylic oxidation sites excluding steroid dienone is 3. The average molecular weight is 370 g/mol. The first kappa shape index (κ1) is 19.6. The van der Waals surface area contributed by atoms with E-state index in [0.29, 0.717) is 6.54 Å². The molecule has 3 rings (SSSR count). The molecule has 0 unspecified atom stereocenters. The first-order valence-corrected chi connectivity index (χ1v) is 9.63. The van der Waals surface area contributed by atoms with Crippen molar-refractivity contribution in [2.24, 2.45) is 5.41 Å². The van der Waals surface area contributed by atoms with Gasteiger partial charge in [-0.25, -0.2) is 0 Å². The van der Waals surface area contributed by atoms with Crippen molar-refractivity contribution in [1.82, 2.24) is 5.32 Å². The third kappa shape index (κ3) is 4.98. The van der Waals surface area contributed by atoms with E-state index in [4.69, 9.17) is 0 Å². The number of hydrogen-bond acceptors (Lipinski definition) is 1. The second-order valence-electron chi connectivity index (χ2n) is 7.74. The summed E-state index contributed by atoms with van der Waals surface area (Å²) in [6.45, 7) is 8.43. The van der Waals surface area contributed by atoms with Crippen molar-refractivity contribution in [3.05, 3.63) is 97.1 Å². The van der Waals surface area contributed by atoms with E-state index in [1.165, 1.54) is 27.1 Å². The summed E-state index contributed by atoms with van der Waals surface area (Å²) < 4.78 is 0. The zero-order valence-electron chi connectivity index (χ0n) is 16.6. The van der Waals surface area contributed by atoms with Crippen molar-refractivity contribution in [2.45, 2.75) is 20.3 Å². The maximum Gasteiger partial charge on any atom is 0.244 e. The minimum Gasteiger partial charge on any atom is -0.352 e. The van der Waals surface area contributed by atoms with Gasteiger partial charge in [-0.1, -0.05) is 92.7 Å². The third-order valence-corrected chi connectivity index (χ3v) is 4.93. The van der Waals surface area contributed by atoms with Crippen LogP contribution in [-0.4, -0.2) is 12.5 Å². The SMILES string of the molecule is C=CC(C)(C)CNC(=O)/C=C/C=C/Cc1ccc2c(ccc3ccccc32)c1. The zero-order chi connectivity index (χ0) is 20.0. The number of hydrogen-bond donors (Lipinski definition) is 1. The van der Waals surface area contributed by atoms with Gasteiger partial charge in [-0.15, -0.1) is 6.58 Å². The predicted octanol–water partition coefficient (Wildman–Crippen LogP) is 5.98. The van der Waals surface area contributed by atoms with Crippen LogP contribution in [0.25, 0.3) is 21.5 Å². The average Bonchev–Trinajstić information content (AvgIpc) is 2.72. The molecule has 0 bridgehead atoms. The van der Waals surface area contributed by atoms with E-state index in [-0.39, 0.29) is 11.3 Å². The second-order valence-corrected chi connectivity index (χ2v) is 7.74. The maximum absolute atomic E-state index is 11.8. The number of amides is 1. The first-order chi connectivity index (χ1) is 13.5. The summed E-state index contributed by atoms with van der Waals surface area (Å²) in [5, 5.41) is 7.98. The molecule has 3 aromatic rings. The Hall–Kier alpha value is -3.13. The normalized spacial score (nSPS) is 12.2. The van der Waals surface area contributed by atoms with Gasteiger partial charge in [0, 0.05) is 12.6 Å². The molecule has 1 amide bonds. The Bertz CT molecular complexity index is 1060. The van der Waals surface area contributed by atoms with Crippen molar-refractivity contribution in [3.63, 3.8) is 0 Å². The molecule has 0 aromatic heterocycles. The molecule has 0 saturated heterocycles. The summed E-state index contributed by atoms with van der Waals surface area (Å²) in [4.78, 5) is 11.8. The molecule has 0 aliphatic carbocycles. The fraction of sp³-hybridized carbons (Fsp3) is 0.192. The number of benzene rings is 3. The van der Waals surface area contributed by atoms with Crippen LogP contribution in [0.3, 0.4) is 0 Å². The van der Waals surface area contributed by atoms with E-state index in [1.807, 2.05) is 26.0 Å². The molecule has 0 atom stereocenters. The zero-order valence-corrected chi connectivity index (χ0v) is 16.6. The van der Waals surface area contributed by atoms with Crippen LogP contribution in [0, 0.1) is 5.41 Å². The summed E-state index contributed by atoms with van der Waals surface area (Å²) in [7, 11) is 0. The van der Waals surface area contributed by atoms with E-state index in [0.717, 1.165) is 6.42 Å². The fourth-order valence-corrected chi connectivity index (χ4v) is 3.06. The lowest BCUT2D eigenvalue weighted by Crippen LogP contribution is -2.31. The first-order valence-electron chi connectivity index (χ1n) is 9.63. The Morgan fingerprint density at radius 1 is 1.00 bits per heavy atom. The molecule has 0 saturated carbocycles. The highest BCUT2D eigenvalue weighted by Gasteiger charge is 2.12. The number of fused-ring (bicyclic) bond motifs is 3. The van der Waals surface area contributed by atoms with Gasteiger partial charge in [0.25, 0.3) is 0 Å². The molecule has 1 N–H and O–H groups in total. The number of rotatable bonds is 7. The second kappa shape index (κ2) is 8.71. The highest BCUT2D eigenvalue weighted by atomic mass is 16.1. The molecule has 0 fully saturated rings. The minimum absolute atomic E-state index is 0.0860. The van der Waals surface area contributed by atoms with E-state index in [2.05, 4.69) is 72.6 Å². The van der Waals surface area contributed by atoms with Crippen molar-refractivity contribution >= 4 is 27.5 Å². The maximum atomic E-state index is 11.8. The van der Waals surface area contributed by atoms with E-state index in [1.54, 1.807) is 12.2 Å². The Morgan fingerprint density at radius 2 is 1.75 bits per heavy atom. The lowest BCUT2D eigenvalue weighted by molar-refractivity contribution is -0.116. The van der Waals surface area contributed by atoms with Gasteiger partial charge in [0.2, 0.25) is 5.91 Å². The molecule has 0 heterocycles. The molecule has 2 heteroatoms. The number of carbonyl (C=O) groups is 1. The van der Waals surface area contributed by atoms with Crippen LogP contribution >= 0.6 is 0 Å². The monoisotopic (exact) mass is 369 g/mol. The molecule has 0 aliphatic rings. The van der Waals surface area contributed by atoms with Gasteiger partial charge in [-0.05, 0) is 38.9 Å². The molecular formula is C26H27NO. The smallest absolute Gasteiger partial charge is 0.244 e. The van der Waals surface area contributed by atoms with Crippen LogP contribution in [0.2, 0.25) is 0 Å². The minimum atomic E-state index is -0.0965. The molecule has 2 nitrogen and oxygen atoms in total. The van der Waals surface area contributed by atoms with Crippen molar-refractivity contribution in [1.29, 1.82) is 0 Å². The highest BCUT2D eigenvalue weighted by Crippen LogP contribution is 2.26. The van der Waals surface area contributed by atoms with Gasteiger partial charge in [0.15, 0.2) is 0 Å². The standard InChI is InChI=1S/C26H27NO/c1-4-26(2,3)19-27-25(28)13-7-5-6-10-20-14-17-24-22(18-20)16-15-21-11-8-9-12-23(21)24/h4-9,11-18H,1,10,19H2,2-3H3,(H,27,28)/b6-5+,13-7+. The molecule has 3 aromatic carbocycles. The van der Waals surface area contributed by atoms with Gasteiger partial charge in [-0.2, -0.15) is 0 Å². The summed E-state index contributed by atoms with van der Waals surface area (Å²) in [5.41, 5.74) is 1.16. The van der Waals surface area contributed by atoms with Crippen molar-refractivity contribution < 1.29 is 4.79 Å². The molecule has 28 heavy (non-hydrogen) atoms. The van der Waals surface area contributed by atoms with Crippen LogP contribution < -0.4 is 5.32 Å².